The number of carbonyl (C=O) groups excluding carboxylic acids is 1. The molecule has 2 N–H and O–H groups in total. The first kappa shape index (κ1) is 19.9. The fraction of sp³-hybridized carbons (Fsp3) is 0.812. The van der Waals surface area contributed by atoms with Crippen molar-refractivity contribution in [1.29, 1.82) is 0 Å². The van der Waals surface area contributed by atoms with E-state index in [1.165, 1.54) is 0 Å². The lowest BCUT2D eigenvalue weighted by Gasteiger charge is -2.23. The molecular formula is C16H33N3O2. The molecule has 2 unspecified atom stereocenters. The number of hydrogen-bond donors (Lipinski definition) is 2. The molecule has 0 aromatic rings. The molecule has 0 aliphatic rings. The number of nitrogens with zero attached hydrogens (tertiary/aromatic N) is 1. The highest BCUT2D eigenvalue weighted by molar-refractivity contribution is 5.73. The van der Waals surface area contributed by atoms with Crippen molar-refractivity contribution in [2.75, 3.05) is 40.9 Å². The fourth-order valence-corrected chi connectivity index (χ4v) is 2.27. The van der Waals surface area contributed by atoms with Gasteiger partial charge in [0.25, 0.3) is 0 Å². The second-order valence-corrected chi connectivity index (χ2v) is 5.46. The van der Waals surface area contributed by atoms with Gasteiger partial charge in [0.1, 0.15) is 0 Å². The Balaban J connectivity index is 4.12. The number of nitrogens with one attached hydrogen (secondary N) is 2. The van der Waals surface area contributed by atoms with Crippen molar-refractivity contribution in [2.45, 2.75) is 38.6 Å². The number of rotatable bonds is 12. The Morgan fingerprint density at radius 2 is 2.19 bits per heavy atom. The van der Waals surface area contributed by atoms with Crippen LogP contribution >= 0.6 is 0 Å². The maximum atomic E-state index is 11.9. The van der Waals surface area contributed by atoms with Crippen molar-refractivity contribution in [3.05, 3.63) is 12.7 Å². The molecular weight excluding hydrogens is 266 g/mol. The summed E-state index contributed by atoms with van der Waals surface area (Å²) in [6.45, 7) is 8.18. The molecule has 0 bridgehead atoms. The standard InChI is InChI=1S/C16H33N3O2/c1-6-10-19(4)16(20)18-13-15(17-3)12-14(7-2)9-8-11-21-5/h7,14-15,17H,2,6,8-13H2,1,3-5H3,(H,18,20). The third kappa shape index (κ3) is 9.47. The lowest BCUT2D eigenvalue weighted by molar-refractivity contribution is 0.187. The fourth-order valence-electron chi connectivity index (χ4n) is 2.27. The Hall–Kier alpha value is -1.07. The SMILES string of the molecule is C=CC(CCCOC)CC(CNC(=O)N(C)CCC)NC. The molecule has 0 aliphatic heterocycles. The quantitative estimate of drug-likeness (QED) is 0.429. The van der Waals surface area contributed by atoms with E-state index in [2.05, 4.69) is 24.1 Å². The minimum Gasteiger partial charge on any atom is -0.385 e. The maximum absolute atomic E-state index is 11.9. The van der Waals surface area contributed by atoms with E-state index in [1.807, 2.05) is 20.2 Å². The Morgan fingerprint density at radius 3 is 2.71 bits per heavy atom. The van der Waals surface area contributed by atoms with Crippen molar-refractivity contribution < 1.29 is 9.53 Å². The van der Waals surface area contributed by atoms with Crippen molar-refractivity contribution in [2.24, 2.45) is 5.92 Å². The van der Waals surface area contributed by atoms with Crippen LogP contribution in [0.4, 0.5) is 4.79 Å². The molecule has 0 aliphatic carbocycles. The van der Waals surface area contributed by atoms with Gasteiger partial charge in [0.15, 0.2) is 0 Å². The summed E-state index contributed by atoms with van der Waals surface area (Å²) in [6.07, 6.45) is 6.05. The Kier molecular flexibility index (Phi) is 12.0. The summed E-state index contributed by atoms with van der Waals surface area (Å²) in [5.74, 6) is 0.447. The molecule has 0 aromatic carbocycles. The molecule has 21 heavy (non-hydrogen) atoms. The summed E-state index contributed by atoms with van der Waals surface area (Å²) >= 11 is 0. The van der Waals surface area contributed by atoms with Gasteiger partial charge in [-0.25, -0.2) is 4.79 Å². The van der Waals surface area contributed by atoms with E-state index in [9.17, 15) is 4.79 Å². The van der Waals surface area contributed by atoms with E-state index in [4.69, 9.17) is 4.74 Å². The number of methoxy groups -OCH3 is 1. The van der Waals surface area contributed by atoms with Gasteiger partial charge in [-0.2, -0.15) is 0 Å². The van der Waals surface area contributed by atoms with Gasteiger partial charge in [-0.3, -0.25) is 0 Å². The van der Waals surface area contributed by atoms with Crippen LogP contribution in [0.3, 0.4) is 0 Å². The molecule has 0 spiro atoms. The van der Waals surface area contributed by atoms with Gasteiger partial charge in [0, 0.05) is 39.9 Å². The molecule has 0 saturated carbocycles. The molecule has 5 heteroatoms. The number of ether oxygens (including phenoxy) is 1. The lowest BCUT2D eigenvalue weighted by Crippen LogP contribution is -2.45. The second-order valence-electron chi connectivity index (χ2n) is 5.46. The predicted molar refractivity (Wildman–Crippen MR) is 88.6 cm³/mol. The summed E-state index contributed by atoms with van der Waals surface area (Å²) in [5, 5.41) is 6.25. The average molecular weight is 299 g/mol. The van der Waals surface area contributed by atoms with Crippen LogP contribution in [0.1, 0.15) is 32.6 Å². The average Bonchev–Trinajstić information content (AvgIpc) is 2.49. The third-order valence-electron chi connectivity index (χ3n) is 3.66. The number of amides is 2. The van der Waals surface area contributed by atoms with Crippen LogP contribution in [0.15, 0.2) is 12.7 Å². The molecule has 2 amide bonds. The normalized spacial score (nSPS) is 13.5. The molecule has 0 rings (SSSR count). The van der Waals surface area contributed by atoms with E-state index < -0.39 is 0 Å². The highest BCUT2D eigenvalue weighted by Gasteiger charge is 2.15. The minimum atomic E-state index is -0.00774. The Morgan fingerprint density at radius 1 is 1.48 bits per heavy atom. The largest absolute Gasteiger partial charge is 0.385 e. The number of urea groups is 1. The summed E-state index contributed by atoms with van der Waals surface area (Å²) in [4.78, 5) is 13.6. The summed E-state index contributed by atoms with van der Waals surface area (Å²) in [6, 6.07) is 0.251. The van der Waals surface area contributed by atoms with Crippen molar-refractivity contribution >= 4 is 6.03 Å². The highest BCUT2D eigenvalue weighted by atomic mass is 16.5. The van der Waals surface area contributed by atoms with Crippen molar-refractivity contribution in [1.82, 2.24) is 15.5 Å². The van der Waals surface area contributed by atoms with Crippen molar-refractivity contribution in [3.8, 4) is 0 Å². The van der Waals surface area contributed by atoms with Crippen LogP contribution in [-0.4, -0.2) is 57.9 Å². The smallest absolute Gasteiger partial charge is 0.317 e. The van der Waals surface area contributed by atoms with Crippen LogP contribution in [0.2, 0.25) is 0 Å². The zero-order valence-corrected chi connectivity index (χ0v) is 14.2. The van der Waals surface area contributed by atoms with Gasteiger partial charge in [0.2, 0.25) is 0 Å². The van der Waals surface area contributed by atoms with E-state index in [0.29, 0.717) is 12.5 Å². The van der Waals surface area contributed by atoms with E-state index in [1.54, 1.807) is 12.0 Å². The number of allylic oxidation sites excluding steroid dienone is 1. The summed E-state index contributed by atoms with van der Waals surface area (Å²) in [5.41, 5.74) is 0. The first-order valence-corrected chi connectivity index (χ1v) is 7.86. The first-order valence-electron chi connectivity index (χ1n) is 7.86. The van der Waals surface area contributed by atoms with Gasteiger partial charge in [0.05, 0.1) is 0 Å². The second kappa shape index (κ2) is 12.7. The summed E-state index contributed by atoms with van der Waals surface area (Å²) < 4.78 is 5.08. The van der Waals surface area contributed by atoms with Gasteiger partial charge >= 0.3 is 6.03 Å². The van der Waals surface area contributed by atoms with E-state index in [0.717, 1.165) is 38.8 Å². The number of hydrogen-bond acceptors (Lipinski definition) is 3. The van der Waals surface area contributed by atoms with Crippen LogP contribution in [-0.2, 0) is 4.74 Å². The van der Waals surface area contributed by atoms with E-state index in [-0.39, 0.29) is 12.1 Å². The molecule has 5 nitrogen and oxygen atoms in total. The molecule has 0 aromatic heterocycles. The molecule has 0 saturated heterocycles. The molecule has 124 valence electrons. The van der Waals surface area contributed by atoms with Gasteiger partial charge in [-0.05, 0) is 38.6 Å². The van der Waals surface area contributed by atoms with Crippen LogP contribution in [0.5, 0.6) is 0 Å². The summed E-state index contributed by atoms with van der Waals surface area (Å²) in [7, 11) is 5.48. The molecule has 0 radical (unpaired) electrons. The predicted octanol–water partition coefficient (Wildman–Crippen LogP) is 2.24. The number of carbonyl (C=O) groups is 1. The molecule has 0 heterocycles. The maximum Gasteiger partial charge on any atom is 0.317 e. The number of likely N-dealkylation sites (N-methyl/N-ethyl adjacent to an activating group) is 1. The lowest BCUT2D eigenvalue weighted by atomic mass is 9.95. The van der Waals surface area contributed by atoms with Gasteiger partial charge in [-0.15, -0.1) is 6.58 Å². The zero-order valence-electron chi connectivity index (χ0n) is 14.2. The van der Waals surface area contributed by atoms with E-state index >= 15 is 0 Å². The topological polar surface area (TPSA) is 53.6 Å². The minimum absolute atomic E-state index is 0.00774. The zero-order chi connectivity index (χ0) is 16.1. The highest BCUT2D eigenvalue weighted by Crippen LogP contribution is 2.14. The first-order chi connectivity index (χ1) is 10.1. The molecule has 0 fully saturated rings. The van der Waals surface area contributed by atoms with Crippen LogP contribution in [0.25, 0.3) is 0 Å². The van der Waals surface area contributed by atoms with Gasteiger partial charge < -0.3 is 20.3 Å². The third-order valence-corrected chi connectivity index (χ3v) is 3.66. The molecule has 2 atom stereocenters. The Bertz CT molecular complexity index is 285. The van der Waals surface area contributed by atoms with Crippen LogP contribution in [0, 0.1) is 5.92 Å². The van der Waals surface area contributed by atoms with Gasteiger partial charge in [-0.1, -0.05) is 13.0 Å². The Labute approximate surface area is 130 Å². The van der Waals surface area contributed by atoms with Crippen LogP contribution < -0.4 is 10.6 Å². The monoisotopic (exact) mass is 299 g/mol. The van der Waals surface area contributed by atoms with Crippen molar-refractivity contribution in [3.63, 3.8) is 0 Å².